The molecule has 1 aliphatic rings. The fraction of sp³-hybridized carbons (Fsp3) is 0.238. The lowest BCUT2D eigenvalue weighted by Gasteiger charge is -2.24. The van der Waals surface area contributed by atoms with E-state index in [0.717, 1.165) is 16.1 Å². The molecule has 0 saturated heterocycles. The van der Waals surface area contributed by atoms with Gasteiger partial charge in [-0.05, 0) is 32.4 Å². The number of carbonyl (C=O) groups is 1. The number of hydrogen-bond acceptors (Lipinski definition) is 7. The summed E-state index contributed by atoms with van der Waals surface area (Å²) in [6, 6.07) is 8.94. The van der Waals surface area contributed by atoms with Gasteiger partial charge in [0.15, 0.2) is 4.80 Å². The highest BCUT2D eigenvalue weighted by molar-refractivity contribution is 7.11. The minimum absolute atomic E-state index is 0.176. The monoisotopic (exact) mass is 425 g/mol. The average Bonchev–Trinajstić information content (AvgIpc) is 3.25. The molecule has 0 amide bonds. The highest BCUT2D eigenvalue weighted by atomic mass is 32.1. The standard InChI is InChI=1S/C21H19N3O3S2/c1-4-27-20(26)17-13(3)23-21-24(18(17)14-8-6-5-7-9-14)19(25)16(29-21)10-15-12(2)22-11-28-15/h5-11,18H,4H2,1-3H3/b16-10+/t18-/m0/s1. The topological polar surface area (TPSA) is 73.6 Å². The number of aryl methyl sites for hydroxylation is 1. The van der Waals surface area contributed by atoms with Gasteiger partial charge in [-0.1, -0.05) is 41.7 Å². The van der Waals surface area contributed by atoms with Crippen molar-refractivity contribution in [2.24, 2.45) is 4.99 Å². The predicted octanol–water partition coefficient (Wildman–Crippen LogP) is 2.56. The minimum atomic E-state index is -0.573. The van der Waals surface area contributed by atoms with Crippen LogP contribution in [-0.4, -0.2) is 22.1 Å². The van der Waals surface area contributed by atoms with Gasteiger partial charge in [-0.25, -0.2) is 14.8 Å². The number of aromatic nitrogens is 2. The molecule has 3 aromatic rings. The van der Waals surface area contributed by atoms with Crippen LogP contribution in [0, 0.1) is 6.92 Å². The maximum absolute atomic E-state index is 13.4. The van der Waals surface area contributed by atoms with E-state index in [1.54, 1.807) is 23.9 Å². The Bertz CT molecular complexity index is 1280. The van der Waals surface area contributed by atoms with Crippen LogP contribution >= 0.6 is 22.7 Å². The van der Waals surface area contributed by atoms with Crippen LogP contribution in [0.3, 0.4) is 0 Å². The molecule has 0 N–H and O–H groups in total. The summed E-state index contributed by atoms with van der Waals surface area (Å²) in [5, 5.41) is 0. The second kappa shape index (κ2) is 7.88. The molecule has 1 aromatic carbocycles. The van der Waals surface area contributed by atoms with Gasteiger partial charge in [0.2, 0.25) is 0 Å². The highest BCUT2D eigenvalue weighted by Gasteiger charge is 2.33. The zero-order valence-corrected chi connectivity index (χ0v) is 17.8. The SMILES string of the molecule is CCOC(=O)C1=C(C)N=c2s/c(=C/c3scnc3C)c(=O)n2[C@H]1c1ccccc1. The van der Waals surface area contributed by atoms with Crippen LogP contribution in [0.1, 0.15) is 36.0 Å². The number of allylic oxidation sites excluding steroid dienone is 1. The molecular formula is C21H19N3O3S2. The maximum Gasteiger partial charge on any atom is 0.338 e. The van der Waals surface area contributed by atoms with E-state index in [9.17, 15) is 9.59 Å². The number of fused-ring (bicyclic) bond motifs is 1. The Labute approximate surface area is 175 Å². The Morgan fingerprint density at radius 1 is 1.28 bits per heavy atom. The Morgan fingerprint density at radius 3 is 2.69 bits per heavy atom. The minimum Gasteiger partial charge on any atom is -0.463 e. The fourth-order valence-corrected chi connectivity index (χ4v) is 5.15. The fourth-order valence-electron chi connectivity index (χ4n) is 3.31. The van der Waals surface area contributed by atoms with Crippen molar-refractivity contribution in [2.45, 2.75) is 26.8 Å². The summed E-state index contributed by atoms with van der Waals surface area (Å²) in [7, 11) is 0. The molecule has 1 atom stereocenters. The van der Waals surface area contributed by atoms with Crippen molar-refractivity contribution in [2.75, 3.05) is 6.61 Å². The van der Waals surface area contributed by atoms with Gasteiger partial charge in [-0.2, -0.15) is 0 Å². The van der Waals surface area contributed by atoms with E-state index in [1.807, 2.05) is 43.3 Å². The average molecular weight is 426 g/mol. The van der Waals surface area contributed by atoms with Gasteiger partial charge in [-0.15, -0.1) is 11.3 Å². The Hall–Kier alpha value is -2.84. The first-order chi connectivity index (χ1) is 14.0. The van der Waals surface area contributed by atoms with E-state index in [4.69, 9.17) is 4.74 Å². The second-order valence-corrected chi connectivity index (χ2v) is 8.41. The van der Waals surface area contributed by atoms with E-state index in [1.165, 1.54) is 22.7 Å². The molecule has 8 heteroatoms. The molecule has 29 heavy (non-hydrogen) atoms. The first-order valence-electron chi connectivity index (χ1n) is 9.16. The summed E-state index contributed by atoms with van der Waals surface area (Å²) in [4.78, 5) is 36.4. The summed E-state index contributed by atoms with van der Waals surface area (Å²) in [6.45, 7) is 5.71. The van der Waals surface area contributed by atoms with Crippen molar-refractivity contribution in [3.63, 3.8) is 0 Å². The zero-order chi connectivity index (χ0) is 20.5. The normalized spacial score (nSPS) is 16.5. The lowest BCUT2D eigenvalue weighted by molar-refractivity contribution is -0.139. The van der Waals surface area contributed by atoms with E-state index in [0.29, 0.717) is 20.6 Å². The van der Waals surface area contributed by atoms with E-state index < -0.39 is 12.0 Å². The van der Waals surface area contributed by atoms with Gasteiger partial charge in [0, 0.05) is 0 Å². The Morgan fingerprint density at radius 2 is 2.03 bits per heavy atom. The van der Waals surface area contributed by atoms with Crippen LogP contribution < -0.4 is 14.9 Å². The quantitative estimate of drug-likeness (QED) is 0.602. The molecule has 148 valence electrons. The van der Waals surface area contributed by atoms with E-state index >= 15 is 0 Å². The predicted molar refractivity (Wildman–Crippen MR) is 114 cm³/mol. The van der Waals surface area contributed by atoms with Crippen LogP contribution in [0.25, 0.3) is 6.08 Å². The number of ether oxygens (including phenoxy) is 1. The molecule has 0 unspecified atom stereocenters. The largest absolute Gasteiger partial charge is 0.463 e. The van der Waals surface area contributed by atoms with Crippen LogP contribution in [0.4, 0.5) is 0 Å². The molecule has 1 aliphatic heterocycles. The molecule has 6 nitrogen and oxygen atoms in total. The molecule has 0 spiro atoms. The molecule has 0 aliphatic carbocycles. The lowest BCUT2D eigenvalue weighted by atomic mass is 9.96. The summed E-state index contributed by atoms with van der Waals surface area (Å²) < 4.78 is 7.45. The van der Waals surface area contributed by atoms with Gasteiger partial charge >= 0.3 is 5.97 Å². The van der Waals surface area contributed by atoms with Gasteiger partial charge in [0.25, 0.3) is 5.56 Å². The molecule has 0 saturated carbocycles. The number of thiazole rings is 2. The molecule has 4 rings (SSSR count). The molecule has 0 radical (unpaired) electrons. The molecule has 0 bridgehead atoms. The Kier molecular flexibility index (Phi) is 5.29. The Balaban J connectivity index is 1.98. The molecule has 3 heterocycles. The summed E-state index contributed by atoms with van der Waals surface area (Å²) >= 11 is 2.80. The van der Waals surface area contributed by atoms with Crippen molar-refractivity contribution in [3.05, 3.63) is 82.9 Å². The van der Waals surface area contributed by atoms with Crippen molar-refractivity contribution in [1.29, 1.82) is 0 Å². The summed E-state index contributed by atoms with van der Waals surface area (Å²) in [5.74, 6) is -0.449. The molecular weight excluding hydrogens is 406 g/mol. The third kappa shape index (κ3) is 3.49. The number of nitrogens with zero attached hydrogens (tertiary/aromatic N) is 3. The van der Waals surface area contributed by atoms with Crippen molar-refractivity contribution in [3.8, 4) is 0 Å². The van der Waals surface area contributed by atoms with Crippen LogP contribution in [0.2, 0.25) is 0 Å². The van der Waals surface area contributed by atoms with Crippen LogP contribution in [-0.2, 0) is 9.53 Å². The van der Waals surface area contributed by atoms with Crippen LogP contribution in [0.5, 0.6) is 0 Å². The lowest BCUT2D eigenvalue weighted by Crippen LogP contribution is -2.39. The smallest absolute Gasteiger partial charge is 0.338 e. The maximum atomic E-state index is 13.4. The third-order valence-corrected chi connectivity index (χ3v) is 6.54. The number of hydrogen-bond donors (Lipinski definition) is 0. The van der Waals surface area contributed by atoms with Crippen molar-refractivity contribution >= 4 is 34.7 Å². The first kappa shape index (κ1) is 19.5. The van der Waals surface area contributed by atoms with Crippen LogP contribution in [0.15, 0.2) is 56.9 Å². The van der Waals surface area contributed by atoms with Crippen molar-refractivity contribution < 1.29 is 9.53 Å². The van der Waals surface area contributed by atoms with Crippen molar-refractivity contribution in [1.82, 2.24) is 9.55 Å². The number of benzene rings is 1. The van der Waals surface area contributed by atoms with Gasteiger partial charge in [0.1, 0.15) is 0 Å². The molecule has 2 aromatic heterocycles. The summed E-state index contributed by atoms with van der Waals surface area (Å²) in [5.41, 5.74) is 4.26. The summed E-state index contributed by atoms with van der Waals surface area (Å²) in [6.07, 6.45) is 1.85. The van der Waals surface area contributed by atoms with E-state index in [2.05, 4.69) is 9.98 Å². The second-order valence-electron chi connectivity index (χ2n) is 6.51. The molecule has 0 fully saturated rings. The van der Waals surface area contributed by atoms with Gasteiger partial charge < -0.3 is 4.74 Å². The number of carbonyl (C=O) groups excluding carboxylic acids is 1. The van der Waals surface area contributed by atoms with Gasteiger partial charge in [-0.3, -0.25) is 9.36 Å². The van der Waals surface area contributed by atoms with Gasteiger partial charge in [0.05, 0.1) is 44.5 Å². The van der Waals surface area contributed by atoms with E-state index in [-0.39, 0.29) is 12.2 Å². The number of rotatable bonds is 4. The highest BCUT2D eigenvalue weighted by Crippen LogP contribution is 2.30. The third-order valence-electron chi connectivity index (χ3n) is 4.68. The first-order valence-corrected chi connectivity index (χ1v) is 10.9. The number of esters is 1. The zero-order valence-electron chi connectivity index (χ0n) is 16.2.